The zero-order valence-electron chi connectivity index (χ0n) is 11.5. The van der Waals surface area contributed by atoms with E-state index in [4.69, 9.17) is 10.5 Å². The molecule has 5 nitrogen and oxygen atoms in total. The molecule has 1 atom stereocenters. The maximum Gasteiger partial charge on any atom is 0.244 e. The minimum Gasteiger partial charge on any atom is -0.495 e. The first-order valence-electron chi connectivity index (χ1n) is 6.45. The zero-order chi connectivity index (χ0) is 14.9. The number of ether oxygens (including phenoxy) is 1. The maximum atomic E-state index is 12.5. The second-order valence-corrected chi connectivity index (χ2v) is 7.59. The Labute approximate surface area is 128 Å². The molecule has 1 unspecified atom stereocenters. The van der Waals surface area contributed by atoms with Crippen LogP contribution in [0.3, 0.4) is 0 Å². The maximum absolute atomic E-state index is 12.5. The van der Waals surface area contributed by atoms with Crippen LogP contribution in [0.2, 0.25) is 0 Å². The summed E-state index contributed by atoms with van der Waals surface area (Å²) in [4.78, 5) is 0.136. The third kappa shape index (κ3) is 3.33. The van der Waals surface area contributed by atoms with Gasteiger partial charge in [-0.2, -0.15) is 0 Å². The quantitative estimate of drug-likeness (QED) is 0.807. The second kappa shape index (κ2) is 6.01. The number of benzene rings is 1. The lowest BCUT2D eigenvalue weighted by atomic mass is 10.2. The van der Waals surface area contributed by atoms with E-state index in [2.05, 4.69) is 20.7 Å². The Bertz CT molecular complexity index is 600. The number of rotatable bonds is 6. The predicted molar refractivity (Wildman–Crippen MR) is 81.3 cm³/mol. The van der Waals surface area contributed by atoms with Gasteiger partial charge in [0.2, 0.25) is 10.0 Å². The van der Waals surface area contributed by atoms with Gasteiger partial charge < -0.3 is 10.5 Å². The minimum absolute atomic E-state index is 0.136. The first-order valence-corrected chi connectivity index (χ1v) is 8.73. The average molecular weight is 363 g/mol. The first-order chi connectivity index (χ1) is 9.39. The van der Waals surface area contributed by atoms with E-state index in [1.54, 1.807) is 12.1 Å². The molecule has 1 fully saturated rings. The number of sulfonamides is 1. The van der Waals surface area contributed by atoms with E-state index in [-0.39, 0.29) is 10.9 Å². The fourth-order valence-corrected chi connectivity index (χ4v) is 4.09. The molecule has 0 amide bonds. The fraction of sp³-hybridized carbons (Fsp3) is 0.538. The minimum atomic E-state index is -3.64. The third-order valence-electron chi connectivity index (χ3n) is 3.49. The van der Waals surface area contributed by atoms with Gasteiger partial charge in [0, 0.05) is 17.1 Å². The molecule has 0 aromatic heterocycles. The molecule has 0 spiro atoms. The summed E-state index contributed by atoms with van der Waals surface area (Å²) in [5, 5.41) is 0. The summed E-state index contributed by atoms with van der Waals surface area (Å²) in [6.07, 6.45) is 2.05. The van der Waals surface area contributed by atoms with Crippen LogP contribution in [0.15, 0.2) is 21.5 Å². The molecule has 1 aliphatic rings. The molecule has 1 aliphatic carbocycles. The Morgan fingerprint density at radius 2 is 2.15 bits per heavy atom. The van der Waals surface area contributed by atoms with Gasteiger partial charge in [-0.1, -0.05) is 15.9 Å². The highest BCUT2D eigenvalue weighted by Crippen LogP contribution is 2.34. The number of nitrogens with one attached hydrogen (secondary N) is 1. The Morgan fingerprint density at radius 3 is 2.65 bits per heavy atom. The van der Waals surface area contributed by atoms with Crippen molar-refractivity contribution in [3.8, 4) is 5.75 Å². The molecule has 20 heavy (non-hydrogen) atoms. The molecule has 0 heterocycles. The largest absolute Gasteiger partial charge is 0.495 e. The van der Waals surface area contributed by atoms with Gasteiger partial charge in [-0.15, -0.1) is 0 Å². The van der Waals surface area contributed by atoms with Crippen molar-refractivity contribution in [2.45, 2.75) is 30.7 Å². The summed E-state index contributed by atoms with van der Waals surface area (Å²) in [5.41, 5.74) is 6.57. The number of aryl methyl sites for hydroxylation is 1. The van der Waals surface area contributed by atoms with Gasteiger partial charge in [0.15, 0.2) is 0 Å². The van der Waals surface area contributed by atoms with E-state index in [1.807, 2.05) is 6.92 Å². The molecular formula is C13H19BrN2O3S. The van der Waals surface area contributed by atoms with E-state index in [0.717, 1.165) is 22.9 Å². The number of hydrogen-bond donors (Lipinski definition) is 2. The Balaban J connectivity index is 2.35. The van der Waals surface area contributed by atoms with Crippen molar-refractivity contribution in [2.75, 3.05) is 13.7 Å². The van der Waals surface area contributed by atoms with Crippen molar-refractivity contribution in [1.29, 1.82) is 0 Å². The topological polar surface area (TPSA) is 81.4 Å². The number of hydrogen-bond acceptors (Lipinski definition) is 4. The van der Waals surface area contributed by atoms with Gasteiger partial charge in [0.05, 0.1) is 7.11 Å². The normalized spacial score (nSPS) is 17.0. The number of halogens is 1. The van der Waals surface area contributed by atoms with E-state index >= 15 is 0 Å². The van der Waals surface area contributed by atoms with Crippen molar-refractivity contribution in [1.82, 2.24) is 4.72 Å². The summed E-state index contributed by atoms with van der Waals surface area (Å²) in [6, 6.07) is 3.06. The van der Waals surface area contributed by atoms with Gasteiger partial charge in [-0.05, 0) is 43.4 Å². The van der Waals surface area contributed by atoms with Crippen LogP contribution in [-0.4, -0.2) is 28.1 Å². The summed E-state index contributed by atoms with van der Waals surface area (Å²) < 4.78 is 33.6. The van der Waals surface area contributed by atoms with Crippen molar-refractivity contribution >= 4 is 26.0 Å². The lowest BCUT2D eigenvalue weighted by molar-refractivity contribution is 0.401. The van der Waals surface area contributed by atoms with Crippen molar-refractivity contribution in [3.05, 3.63) is 22.2 Å². The predicted octanol–water partition coefficient (Wildman–Crippen LogP) is 1.78. The molecule has 0 aliphatic heterocycles. The van der Waals surface area contributed by atoms with Crippen molar-refractivity contribution in [3.63, 3.8) is 0 Å². The monoisotopic (exact) mass is 362 g/mol. The highest BCUT2D eigenvalue weighted by atomic mass is 79.9. The average Bonchev–Trinajstić information content (AvgIpc) is 3.23. The van der Waals surface area contributed by atoms with Crippen LogP contribution in [-0.2, 0) is 10.0 Å². The van der Waals surface area contributed by atoms with Gasteiger partial charge in [-0.3, -0.25) is 0 Å². The molecule has 1 saturated carbocycles. The number of methoxy groups -OCH3 is 1. The summed E-state index contributed by atoms with van der Waals surface area (Å²) >= 11 is 3.35. The second-order valence-electron chi connectivity index (χ2n) is 5.05. The molecule has 1 aromatic rings. The van der Waals surface area contributed by atoms with Crippen molar-refractivity contribution < 1.29 is 13.2 Å². The van der Waals surface area contributed by atoms with Crippen LogP contribution in [0.1, 0.15) is 18.4 Å². The Morgan fingerprint density at radius 1 is 1.50 bits per heavy atom. The Kier molecular flexibility index (Phi) is 4.73. The molecule has 7 heteroatoms. The van der Waals surface area contributed by atoms with Crippen molar-refractivity contribution in [2.24, 2.45) is 11.7 Å². The van der Waals surface area contributed by atoms with E-state index in [1.165, 1.54) is 7.11 Å². The van der Waals surface area contributed by atoms with Crippen LogP contribution in [0.5, 0.6) is 5.75 Å². The highest BCUT2D eigenvalue weighted by Gasteiger charge is 2.34. The van der Waals surface area contributed by atoms with E-state index in [9.17, 15) is 8.42 Å². The van der Waals surface area contributed by atoms with Crippen LogP contribution in [0.4, 0.5) is 0 Å². The molecular weight excluding hydrogens is 344 g/mol. The van der Waals surface area contributed by atoms with Gasteiger partial charge >= 0.3 is 0 Å². The standard InChI is InChI=1S/C13H19BrN2O3S/c1-8-5-12(19-2)13(6-10(8)14)20(17,18)16-11(7-15)9-3-4-9/h5-6,9,11,16H,3-4,7,15H2,1-2H3. The molecule has 0 bridgehead atoms. The molecule has 3 N–H and O–H groups in total. The lowest BCUT2D eigenvalue weighted by Crippen LogP contribution is -2.41. The SMILES string of the molecule is COc1cc(C)c(Br)cc1S(=O)(=O)NC(CN)C1CC1. The van der Waals surface area contributed by atoms with E-state index in [0.29, 0.717) is 18.2 Å². The van der Waals surface area contributed by atoms with Crippen LogP contribution < -0.4 is 15.2 Å². The summed E-state index contributed by atoms with van der Waals surface area (Å²) in [6.45, 7) is 2.18. The molecule has 0 saturated heterocycles. The Hall–Kier alpha value is -0.630. The molecule has 0 radical (unpaired) electrons. The lowest BCUT2D eigenvalue weighted by Gasteiger charge is -2.18. The zero-order valence-corrected chi connectivity index (χ0v) is 13.9. The smallest absolute Gasteiger partial charge is 0.244 e. The van der Waals surface area contributed by atoms with Gasteiger partial charge in [0.25, 0.3) is 0 Å². The van der Waals surface area contributed by atoms with Crippen LogP contribution in [0, 0.1) is 12.8 Å². The molecule has 112 valence electrons. The summed E-state index contributed by atoms with van der Waals surface area (Å²) in [7, 11) is -2.18. The highest BCUT2D eigenvalue weighted by molar-refractivity contribution is 9.10. The van der Waals surface area contributed by atoms with Crippen LogP contribution >= 0.6 is 15.9 Å². The van der Waals surface area contributed by atoms with Gasteiger partial charge in [-0.25, -0.2) is 13.1 Å². The van der Waals surface area contributed by atoms with Gasteiger partial charge in [0.1, 0.15) is 10.6 Å². The third-order valence-corrected chi connectivity index (χ3v) is 5.85. The van der Waals surface area contributed by atoms with E-state index < -0.39 is 10.0 Å². The fourth-order valence-electron chi connectivity index (χ4n) is 2.10. The molecule has 1 aromatic carbocycles. The first kappa shape index (κ1) is 15.8. The summed E-state index contributed by atoms with van der Waals surface area (Å²) in [5.74, 6) is 0.694. The number of nitrogens with two attached hydrogens (primary N) is 1. The van der Waals surface area contributed by atoms with Crippen LogP contribution in [0.25, 0.3) is 0 Å². The molecule has 2 rings (SSSR count).